The molecule has 130 valence electrons. The average molecular weight is 355 g/mol. The van der Waals surface area contributed by atoms with Crippen LogP contribution in [0.3, 0.4) is 0 Å². The Balaban J connectivity index is 2.26. The third-order valence-electron chi connectivity index (χ3n) is 2.87. The zero-order valence-electron chi connectivity index (χ0n) is 13.2. The number of thiazole rings is 1. The van der Waals surface area contributed by atoms with E-state index in [0.29, 0.717) is 43.4 Å². The Hall–Kier alpha value is -2.30. The van der Waals surface area contributed by atoms with Crippen molar-refractivity contribution in [2.75, 3.05) is 25.6 Å². The molecule has 0 unspecified atom stereocenters. The summed E-state index contributed by atoms with van der Waals surface area (Å²) in [6.07, 6.45) is 0.546. The molecule has 2 rings (SSSR count). The quantitative estimate of drug-likeness (QED) is 0.540. The molecule has 0 aliphatic carbocycles. The molecule has 0 aliphatic heterocycles. The van der Waals surface area contributed by atoms with Crippen LogP contribution in [0.4, 0.5) is 5.13 Å². The van der Waals surface area contributed by atoms with Crippen molar-refractivity contribution >= 4 is 28.3 Å². The lowest BCUT2D eigenvalue weighted by atomic mass is 10.2. The summed E-state index contributed by atoms with van der Waals surface area (Å²) in [5.41, 5.74) is 1.10. The molecule has 0 aliphatic rings. The van der Waals surface area contributed by atoms with Crippen LogP contribution >= 0.6 is 11.3 Å². The monoisotopic (exact) mass is 355 g/mol. The van der Waals surface area contributed by atoms with Crippen LogP contribution in [-0.2, 0) is 32.1 Å². The minimum Gasteiger partial charge on any atom is -0.474 e. The van der Waals surface area contributed by atoms with Gasteiger partial charge in [-0.1, -0.05) is 5.16 Å². The molecule has 1 amide bonds. The minimum absolute atomic E-state index is 0.175. The predicted molar refractivity (Wildman–Crippen MR) is 84.8 cm³/mol. The average Bonchev–Trinajstić information content (AvgIpc) is 3.15. The first kappa shape index (κ1) is 18.0. The summed E-state index contributed by atoms with van der Waals surface area (Å²) in [5.74, 6) is -2.31. The van der Waals surface area contributed by atoms with Crippen LogP contribution < -0.4 is 5.32 Å². The number of hydrogen-bond acceptors (Lipinski definition) is 8. The van der Waals surface area contributed by atoms with Gasteiger partial charge in [-0.05, 0) is 6.92 Å². The molecule has 0 aromatic carbocycles. The number of nitrogens with zero attached hydrogens (tertiary/aromatic N) is 2. The molecule has 0 saturated heterocycles. The summed E-state index contributed by atoms with van der Waals surface area (Å²) >= 11 is 1.17. The van der Waals surface area contributed by atoms with Gasteiger partial charge in [-0.15, -0.1) is 11.3 Å². The van der Waals surface area contributed by atoms with E-state index in [2.05, 4.69) is 15.5 Å². The van der Waals surface area contributed by atoms with E-state index in [-0.39, 0.29) is 5.13 Å². The molecule has 10 heteroatoms. The van der Waals surface area contributed by atoms with E-state index in [1.54, 1.807) is 13.2 Å². The van der Waals surface area contributed by atoms with Gasteiger partial charge in [0.05, 0.1) is 13.2 Å². The van der Waals surface area contributed by atoms with Crippen LogP contribution in [-0.4, -0.2) is 47.4 Å². The first-order chi connectivity index (χ1) is 11.5. The molecule has 0 spiro atoms. The second-order valence-electron chi connectivity index (χ2n) is 4.61. The summed E-state index contributed by atoms with van der Waals surface area (Å²) in [5, 5.41) is 15.0. The summed E-state index contributed by atoms with van der Waals surface area (Å²) in [6, 6.07) is 1.69. The van der Waals surface area contributed by atoms with Gasteiger partial charge in [0.25, 0.3) is 0 Å². The number of carboxylic acids is 1. The maximum absolute atomic E-state index is 11.3. The van der Waals surface area contributed by atoms with Gasteiger partial charge in [-0.25, -0.2) is 9.78 Å². The van der Waals surface area contributed by atoms with Crippen molar-refractivity contribution in [1.29, 1.82) is 0 Å². The maximum atomic E-state index is 11.3. The van der Waals surface area contributed by atoms with Gasteiger partial charge >= 0.3 is 11.9 Å². The van der Waals surface area contributed by atoms with Crippen molar-refractivity contribution in [1.82, 2.24) is 10.1 Å². The second-order valence-corrected chi connectivity index (χ2v) is 5.70. The SMILES string of the molecule is CCOCCc1sc(NC(=O)C(=O)O)nc1-c1cc(COC)no1. The molecular formula is C14H17N3O6S. The molecular weight excluding hydrogens is 338 g/mol. The number of carbonyl (C=O) groups excluding carboxylic acids is 1. The topological polar surface area (TPSA) is 124 Å². The number of carbonyl (C=O) groups is 2. The molecule has 0 fully saturated rings. The van der Waals surface area contributed by atoms with E-state index in [9.17, 15) is 9.59 Å². The smallest absolute Gasteiger partial charge is 0.394 e. The molecule has 2 aromatic rings. The highest BCUT2D eigenvalue weighted by atomic mass is 32.1. The van der Waals surface area contributed by atoms with Gasteiger partial charge in [0, 0.05) is 31.1 Å². The minimum atomic E-state index is -1.58. The number of anilines is 1. The lowest BCUT2D eigenvalue weighted by molar-refractivity contribution is -0.147. The maximum Gasteiger partial charge on any atom is 0.394 e. The van der Waals surface area contributed by atoms with Gasteiger partial charge in [0.1, 0.15) is 11.4 Å². The van der Waals surface area contributed by atoms with E-state index < -0.39 is 11.9 Å². The highest BCUT2D eigenvalue weighted by Crippen LogP contribution is 2.32. The summed E-state index contributed by atoms with van der Waals surface area (Å²) in [6.45, 7) is 3.23. The highest BCUT2D eigenvalue weighted by Gasteiger charge is 2.20. The lowest BCUT2D eigenvalue weighted by Crippen LogP contribution is -2.21. The van der Waals surface area contributed by atoms with Crippen LogP contribution in [0, 0.1) is 0 Å². The standard InChI is InChI=1S/C14H17N3O6S/c1-3-22-5-4-10-11(9-6-8(7-21-2)17-23-9)15-14(24-10)16-12(18)13(19)20/h6H,3-5,7H2,1-2H3,(H,19,20)(H,15,16,18). The van der Waals surface area contributed by atoms with Gasteiger partial charge in [-0.2, -0.15) is 0 Å². The number of carboxylic acid groups (broad SMARTS) is 1. The van der Waals surface area contributed by atoms with Crippen LogP contribution in [0.25, 0.3) is 11.5 Å². The Morgan fingerprint density at radius 1 is 1.46 bits per heavy atom. The largest absolute Gasteiger partial charge is 0.474 e. The van der Waals surface area contributed by atoms with Crippen molar-refractivity contribution in [3.63, 3.8) is 0 Å². The Labute approximate surface area is 141 Å². The third kappa shape index (κ3) is 4.60. The molecule has 0 atom stereocenters. The Morgan fingerprint density at radius 2 is 2.25 bits per heavy atom. The van der Waals surface area contributed by atoms with E-state index in [1.165, 1.54) is 11.3 Å². The molecule has 2 N–H and O–H groups in total. The van der Waals surface area contributed by atoms with Gasteiger partial charge in [0.15, 0.2) is 10.9 Å². The van der Waals surface area contributed by atoms with Crippen molar-refractivity contribution in [2.24, 2.45) is 0 Å². The fourth-order valence-electron chi connectivity index (χ4n) is 1.87. The molecule has 9 nitrogen and oxygen atoms in total. The summed E-state index contributed by atoms with van der Waals surface area (Å²) < 4.78 is 15.6. The zero-order valence-corrected chi connectivity index (χ0v) is 14.0. The number of aromatic nitrogens is 2. The second kappa shape index (κ2) is 8.52. The summed E-state index contributed by atoms with van der Waals surface area (Å²) in [4.78, 5) is 27.0. The van der Waals surface area contributed by atoms with Crippen LogP contribution in [0.15, 0.2) is 10.6 Å². The van der Waals surface area contributed by atoms with Crippen LogP contribution in [0.1, 0.15) is 17.5 Å². The van der Waals surface area contributed by atoms with Crippen molar-refractivity contribution < 1.29 is 28.7 Å². The number of methoxy groups -OCH3 is 1. The van der Waals surface area contributed by atoms with Gasteiger partial charge in [0.2, 0.25) is 0 Å². The number of rotatable bonds is 8. The predicted octanol–water partition coefficient (Wildman–Crippen LogP) is 1.55. The zero-order chi connectivity index (χ0) is 17.5. The van der Waals surface area contributed by atoms with Crippen LogP contribution in [0.2, 0.25) is 0 Å². The van der Waals surface area contributed by atoms with E-state index >= 15 is 0 Å². The highest BCUT2D eigenvalue weighted by molar-refractivity contribution is 7.16. The molecule has 0 bridgehead atoms. The number of amides is 1. The first-order valence-corrected chi connectivity index (χ1v) is 7.93. The first-order valence-electron chi connectivity index (χ1n) is 7.11. The van der Waals surface area contributed by atoms with Gasteiger partial charge < -0.3 is 19.1 Å². The fraction of sp³-hybridized carbons (Fsp3) is 0.429. The Bertz CT molecular complexity index is 711. The van der Waals surface area contributed by atoms with Crippen molar-refractivity contribution in [2.45, 2.75) is 20.0 Å². The summed E-state index contributed by atoms with van der Waals surface area (Å²) in [7, 11) is 1.55. The molecule has 2 heterocycles. The van der Waals surface area contributed by atoms with E-state index in [4.69, 9.17) is 19.1 Å². The lowest BCUT2D eigenvalue weighted by Gasteiger charge is -1.99. The molecule has 0 radical (unpaired) electrons. The van der Waals surface area contributed by atoms with Gasteiger partial charge in [-0.3, -0.25) is 10.1 Å². The van der Waals surface area contributed by atoms with Crippen LogP contribution in [0.5, 0.6) is 0 Å². The van der Waals surface area contributed by atoms with Crippen molar-refractivity contribution in [3.8, 4) is 11.5 Å². The normalized spacial score (nSPS) is 10.8. The molecule has 0 saturated carbocycles. The van der Waals surface area contributed by atoms with E-state index in [0.717, 1.165) is 4.88 Å². The molecule has 2 aromatic heterocycles. The Morgan fingerprint density at radius 3 is 2.92 bits per heavy atom. The number of aliphatic carboxylic acids is 1. The molecule has 24 heavy (non-hydrogen) atoms. The van der Waals surface area contributed by atoms with E-state index in [1.807, 2.05) is 6.92 Å². The third-order valence-corrected chi connectivity index (χ3v) is 3.90. The fourth-order valence-corrected chi connectivity index (χ4v) is 2.81. The number of hydrogen-bond donors (Lipinski definition) is 2. The van der Waals surface area contributed by atoms with Crippen molar-refractivity contribution in [3.05, 3.63) is 16.6 Å². The number of nitrogens with one attached hydrogen (secondary N) is 1. The Kier molecular flexibility index (Phi) is 6.41. The number of ether oxygens (including phenoxy) is 2.